The quantitative estimate of drug-likeness (QED) is 0.527. The molecule has 20 heavy (non-hydrogen) atoms. The molecule has 2 aromatic carbocycles. The average Bonchev–Trinajstić information content (AvgIpc) is 2.44. The molecule has 0 fully saturated rings. The molecule has 0 aromatic heterocycles. The topological polar surface area (TPSA) is 60.2 Å². The van der Waals surface area contributed by atoms with Crippen LogP contribution in [0.1, 0.15) is 43.0 Å². The number of aldehydes is 1. The van der Waals surface area contributed by atoms with E-state index in [-0.39, 0.29) is 5.78 Å². The molecule has 0 atom stereocenters. The van der Waals surface area contributed by atoms with Crippen molar-refractivity contribution in [2.75, 3.05) is 5.73 Å². The summed E-state index contributed by atoms with van der Waals surface area (Å²) in [7, 11) is 0. The highest BCUT2D eigenvalue weighted by Gasteiger charge is 2.18. The van der Waals surface area contributed by atoms with Crippen molar-refractivity contribution in [3.05, 3.63) is 63.7 Å². The van der Waals surface area contributed by atoms with E-state index in [1.807, 2.05) is 26.0 Å². The third-order valence-electron chi connectivity index (χ3n) is 3.56. The van der Waals surface area contributed by atoms with Gasteiger partial charge in [-0.05, 0) is 38.0 Å². The Bertz CT molecular complexity index is 685. The van der Waals surface area contributed by atoms with Crippen LogP contribution in [0.3, 0.4) is 0 Å². The Labute approximate surface area is 118 Å². The fourth-order valence-electron chi connectivity index (χ4n) is 2.22. The first-order valence-electron chi connectivity index (χ1n) is 6.42. The van der Waals surface area contributed by atoms with Gasteiger partial charge in [-0.1, -0.05) is 29.8 Å². The van der Waals surface area contributed by atoms with Gasteiger partial charge in [-0.3, -0.25) is 9.59 Å². The van der Waals surface area contributed by atoms with E-state index in [9.17, 15) is 9.59 Å². The van der Waals surface area contributed by atoms with Crippen LogP contribution in [0.2, 0.25) is 0 Å². The van der Waals surface area contributed by atoms with Crippen LogP contribution in [-0.2, 0) is 0 Å². The molecule has 2 aromatic rings. The zero-order valence-electron chi connectivity index (χ0n) is 11.9. The molecule has 2 rings (SSSR count). The van der Waals surface area contributed by atoms with Gasteiger partial charge in [-0.15, -0.1) is 0 Å². The third kappa shape index (κ3) is 2.35. The smallest absolute Gasteiger partial charge is 0.193 e. The number of carbonyl (C=O) groups is 2. The molecule has 0 aliphatic carbocycles. The number of rotatable bonds is 3. The van der Waals surface area contributed by atoms with E-state index >= 15 is 0 Å². The minimum Gasteiger partial charge on any atom is -0.398 e. The molecular weight excluding hydrogens is 250 g/mol. The van der Waals surface area contributed by atoms with Crippen LogP contribution in [0.5, 0.6) is 0 Å². The number of benzene rings is 2. The summed E-state index contributed by atoms with van der Waals surface area (Å²) in [6, 6.07) is 8.99. The summed E-state index contributed by atoms with van der Waals surface area (Å²) >= 11 is 0. The van der Waals surface area contributed by atoms with Gasteiger partial charge in [-0.2, -0.15) is 0 Å². The summed E-state index contributed by atoms with van der Waals surface area (Å²) in [5.41, 5.74) is 10.4. The molecule has 0 aliphatic rings. The Morgan fingerprint density at radius 2 is 1.70 bits per heavy atom. The van der Waals surface area contributed by atoms with E-state index in [1.165, 1.54) is 0 Å². The summed E-state index contributed by atoms with van der Waals surface area (Å²) in [6.45, 7) is 5.56. The minimum atomic E-state index is -0.154. The van der Waals surface area contributed by atoms with Crippen molar-refractivity contribution in [3.8, 4) is 0 Å². The summed E-state index contributed by atoms with van der Waals surface area (Å²) in [5.74, 6) is -0.154. The lowest BCUT2D eigenvalue weighted by atomic mass is 9.92. The van der Waals surface area contributed by atoms with E-state index in [2.05, 4.69) is 0 Å². The fourth-order valence-corrected chi connectivity index (χ4v) is 2.22. The fraction of sp³-hybridized carbons (Fsp3) is 0.176. The van der Waals surface area contributed by atoms with Crippen molar-refractivity contribution in [2.24, 2.45) is 0 Å². The lowest BCUT2D eigenvalue weighted by Crippen LogP contribution is -2.09. The van der Waals surface area contributed by atoms with Gasteiger partial charge in [0.15, 0.2) is 12.1 Å². The van der Waals surface area contributed by atoms with Crippen molar-refractivity contribution in [1.29, 1.82) is 0 Å². The highest BCUT2D eigenvalue weighted by molar-refractivity contribution is 6.13. The van der Waals surface area contributed by atoms with Crippen LogP contribution in [-0.4, -0.2) is 12.1 Å². The normalized spacial score (nSPS) is 10.3. The standard InChI is InChI=1S/C17H17NO2/c1-10-4-6-13(7-5-10)17(20)14-8-11(2)16(18)12(3)15(14)9-19/h4-9H,18H2,1-3H3. The van der Waals surface area contributed by atoms with Gasteiger partial charge in [0.1, 0.15) is 0 Å². The highest BCUT2D eigenvalue weighted by Crippen LogP contribution is 2.25. The number of aryl methyl sites for hydroxylation is 2. The number of carbonyl (C=O) groups excluding carboxylic acids is 2. The molecule has 0 unspecified atom stereocenters. The minimum absolute atomic E-state index is 0.154. The van der Waals surface area contributed by atoms with Crippen molar-refractivity contribution < 1.29 is 9.59 Å². The number of hydrogen-bond acceptors (Lipinski definition) is 3. The molecule has 0 amide bonds. The molecule has 102 valence electrons. The second-order valence-corrected chi connectivity index (χ2v) is 5.01. The highest BCUT2D eigenvalue weighted by atomic mass is 16.1. The molecule has 0 heterocycles. The van der Waals surface area contributed by atoms with E-state index in [4.69, 9.17) is 5.73 Å². The summed E-state index contributed by atoms with van der Waals surface area (Å²) in [5, 5.41) is 0. The average molecular weight is 267 g/mol. The van der Waals surface area contributed by atoms with Crippen LogP contribution in [0.15, 0.2) is 30.3 Å². The van der Waals surface area contributed by atoms with Gasteiger partial charge in [0.25, 0.3) is 0 Å². The van der Waals surface area contributed by atoms with Gasteiger partial charge < -0.3 is 5.73 Å². The Kier molecular flexibility index (Phi) is 3.70. The molecule has 0 aliphatic heterocycles. The van der Waals surface area contributed by atoms with Crippen LogP contribution in [0.25, 0.3) is 0 Å². The molecule has 0 bridgehead atoms. The number of nitrogens with two attached hydrogens (primary N) is 1. The Hall–Kier alpha value is -2.42. The maximum absolute atomic E-state index is 12.6. The van der Waals surface area contributed by atoms with Crippen LogP contribution < -0.4 is 5.73 Å². The van der Waals surface area contributed by atoms with Crippen molar-refractivity contribution >= 4 is 17.8 Å². The number of nitrogen functional groups attached to an aromatic ring is 1. The third-order valence-corrected chi connectivity index (χ3v) is 3.56. The maximum atomic E-state index is 12.6. The first-order valence-corrected chi connectivity index (χ1v) is 6.42. The summed E-state index contributed by atoms with van der Waals surface area (Å²) < 4.78 is 0. The first kappa shape index (κ1) is 14.0. The molecule has 0 saturated carbocycles. The van der Waals surface area contributed by atoms with Gasteiger partial charge in [0.05, 0.1) is 0 Å². The predicted molar refractivity (Wildman–Crippen MR) is 80.3 cm³/mol. The maximum Gasteiger partial charge on any atom is 0.193 e. The molecule has 3 nitrogen and oxygen atoms in total. The van der Waals surface area contributed by atoms with Gasteiger partial charge in [0.2, 0.25) is 0 Å². The van der Waals surface area contributed by atoms with Crippen molar-refractivity contribution in [2.45, 2.75) is 20.8 Å². The lowest BCUT2D eigenvalue weighted by molar-refractivity contribution is 0.102. The van der Waals surface area contributed by atoms with E-state index in [1.54, 1.807) is 25.1 Å². The monoisotopic (exact) mass is 267 g/mol. The van der Waals surface area contributed by atoms with Crippen molar-refractivity contribution in [3.63, 3.8) is 0 Å². The largest absolute Gasteiger partial charge is 0.398 e. The van der Waals surface area contributed by atoms with E-state index in [0.717, 1.165) is 11.1 Å². The van der Waals surface area contributed by atoms with Gasteiger partial charge >= 0.3 is 0 Å². The zero-order valence-corrected chi connectivity index (χ0v) is 11.9. The molecule has 2 N–H and O–H groups in total. The molecule has 3 heteroatoms. The second kappa shape index (κ2) is 5.29. The number of ketones is 1. The predicted octanol–water partition coefficient (Wildman–Crippen LogP) is 3.24. The zero-order chi connectivity index (χ0) is 14.9. The molecule has 0 radical (unpaired) electrons. The van der Waals surface area contributed by atoms with Crippen LogP contribution in [0, 0.1) is 20.8 Å². The van der Waals surface area contributed by atoms with Crippen LogP contribution in [0.4, 0.5) is 5.69 Å². The molecule has 0 spiro atoms. The van der Waals surface area contributed by atoms with E-state index < -0.39 is 0 Å². The second-order valence-electron chi connectivity index (χ2n) is 5.01. The Morgan fingerprint density at radius 3 is 2.25 bits per heavy atom. The summed E-state index contributed by atoms with van der Waals surface area (Å²) in [6.07, 6.45) is 0.701. The molecular formula is C17H17NO2. The summed E-state index contributed by atoms with van der Waals surface area (Å²) in [4.78, 5) is 23.8. The lowest BCUT2D eigenvalue weighted by Gasteiger charge is -2.12. The van der Waals surface area contributed by atoms with Gasteiger partial charge in [-0.25, -0.2) is 0 Å². The first-order chi connectivity index (χ1) is 9.45. The Balaban J connectivity index is 2.60. The van der Waals surface area contributed by atoms with Gasteiger partial charge in [0, 0.05) is 22.4 Å². The molecule has 0 saturated heterocycles. The number of anilines is 1. The van der Waals surface area contributed by atoms with Crippen LogP contribution >= 0.6 is 0 Å². The SMILES string of the molecule is Cc1ccc(C(=O)c2cc(C)c(N)c(C)c2C=O)cc1. The number of hydrogen-bond donors (Lipinski definition) is 1. The van der Waals surface area contributed by atoms with Crippen molar-refractivity contribution in [1.82, 2.24) is 0 Å². The Morgan fingerprint density at radius 1 is 1.10 bits per heavy atom. The van der Waals surface area contributed by atoms with E-state index in [0.29, 0.717) is 34.2 Å².